The van der Waals surface area contributed by atoms with Crippen LogP contribution in [0.2, 0.25) is 5.82 Å². The third-order valence-corrected chi connectivity index (χ3v) is 10.9. The molecule has 0 bridgehead atoms. The second kappa shape index (κ2) is 8.89. The molecule has 3 nitrogen and oxygen atoms in total. The van der Waals surface area contributed by atoms with E-state index >= 15 is 0 Å². The molecule has 1 heterocycles. The van der Waals surface area contributed by atoms with Crippen LogP contribution in [0.3, 0.4) is 0 Å². The molecular weight excluding hydrogens is 402 g/mol. The van der Waals surface area contributed by atoms with Gasteiger partial charge in [0.15, 0.2) is 0 Å². The van der Waals surface area contributed by atoms with E-state index in [1.54, 1.807) is 0 Å². The van der Waals surface area contributed by atoms with Crippen LogP contribution < -0.4 is 10.6 Å². The minimum Gasteiger partial charge on any atom is -0.403 e. The Morgan fingerprint density at radius 3 is 1.77 bits per heavy atom. The van der Waals surface area contributed by atoms with Gasteiger partial charge in [0.05, 0.1) is 11.2 Å². The van der Waals surface area contributed by atoms with Gasteiger partial charge in [-0.1, -0.05) is 86.3 Å². The van der Waals surface area contributed by atoms with Crippen LogP contribution in [0.5, 0.6) is 0 Å². The van der Waals surface area contributed by atoms with Gasteiger partial charge in [-0.2, -0.15) is 0 Å². The van der Waals surface area contributed by atoms with Gasteiger partial charge in [0.2, 0.25) is 0 Å². The standard InChI is InChI=1S/C26H36BO3P/c1-25(2)26(3,4)30-27(29-25)22(19-21-13-11-12-14-21)20-31(28,23-15-7-5-8-16-23)24-17-9-6-10-18-24/h5-10,15-18,21-22H,11-14,19-20H2,1-4H3/t22-/m1/s1. The van der Waals surface area contributed by atoms with Crippen molar-refractivity contribution in [1.29, 1.82) is 0 Å². The summed E-state index contributed by atoms with van der Waals surface area (Å²) >= 11 is 0. The van der Waals surface area contributed by atoms with Gasteiger partial charge in [0.25, 0.3) is 0 Å². The van der Waals surface area contributed by atoms with E-state index in [4.69, 9.17) is 9.31 Å². The summed E-state index contributed by atoms with van der Waals surface area (Å²) in [5, 5.41) is 1.85. The first-order valence-electron chi connectivity index (χ1n) is 11.8. The van der Waals surface area contributed by atoms with Crippen molar-refractivity contribution in [3.63, 3.8) is 0 Å². The Labute approximate surface area is 188 Å². The fraction of sp³-hybridized carbons (Fsp3) is 0.538. The molecule has 2 fully saturated rings. The van der Waals surface area contributed by atoms with E-state index in [9.17, 15) is 4.57 Å². The van der Waals surface area contributed by atoms with E-state index in [2.05, 4.69) is 27.7 Å². The van der Waals surface area contributed by atoms with E-state index in [1.165, 1.54) is 25.7 Å². The SMILES string of the molecule is CC1(C)OB([C@H](CC2CCCC2)CP(=O)(c2ccccc2)c2ccccc2)OC1(C)C. The average Bonchev–Trinajstić information content (AvgIpc) is 3.34. The Balaban J connectivity index is 1.70. The molecule has 0 radical (unpaired) electrons. The van der Waals surface area contributed by atoms with Crippen molar-refractivity contribution in [2.75, 3.05) is 6.16 Å². The van der Waals surface area contributed by atoms with Crippen molar-refractivity contribution in [3.8, 4) is 0 Å². The molecule has 2 aliphatic rings. The van der Waals surface area contributed by atoms with Crippen molar-refractivity contribution in [1.82, 2.24) is 0 Å². The molecule has 1 saturated heterocycles. The highest BCUT2D eigenvalue weighted by Gasteiger charge is 2.55. The maximum absolute atomic E-state index is 14.8. The van der Waals surface area contributed by atoms with Crippen LogP contribution in [0.15, 0.2) is 60.7 Å². The molecule has 2 aromatic rings. The second-order valence-electron chi connectivity index (χ2n) is 10.4. The Kier molecular flexibility index (Phi) is 6.55. The van der Waals surface area contributed by atoms with E-state index in [-0.39, 0.29) is 24.1 Å². The van der Waals surface area contributed by atoms with Gasteiger partial charge in [-0.15, -0.1) is 0 Å². The van der Waals surface area contributed by atoms with Gasteiger partial charge < -0.3 is 13.9 Å². The van der Waals surface area contributed by atoms with Crippen LogP contribution in [-0.4, -0.2) is 24.5 Å². The summed E-state index contributed by atoms with van der Waals surface area (Å²) < 4.78 is 27.8. The fourth-order valence-electron chi connectivity index (χ4n) is 5.05. The maximum Gasteiger partial charge on any atom is 0.461 e. The first-order valence-corrected chi connectivity index (χ1v) is 13.7. The molecule has 1 aliphatic heterocycles. The van der Waals surface area contributed by atoms with Gasteiger partial charge in [-0.05, 0) is 40.0 Å². The molecule has 0 aromatic heterocycles. The number of hydrogen-bond acceptors (Lipinski definition) is 3. The highest BCUT2D eigenvalue weighted by molar-refractivity contribution is 7.78. The Morgan fingerprint density at radius 2 is 1.32 bits per heavy atom. The molecule has 1 saturated carbocycles. The molecule has 4 rings (SSSR count). The van der Waals surface area contributed by atoms with Crippen LogP contribution >= 0.6 is 7.14 Å². The van der Waals surface area contributed by atoms with Crippen molar-refractivity contribution in [2.24, 2.45) is 5.92 Å². The minimum atomic E-state index is -2.83. The number of rotatable bonds is 7. The monoisotopic (exact) mass is 438 g/mol. The number of benzene rings is 2. The van der Waals surface area contributed by atoms with Crippen molar-refractivity contribution < 1.29 is 13.9 Å². The minimum absolute atomic E-state index is 0.0930. The van der Waals surface area contributed by atoms with Gasteiger partial charge in [-0.3, -0.25) is 0 Å². The summed E-state index contributed by atoms with van der Waals surface area (Å²) in [6.07, 6.45) is 6.72. The van der Waals surface area contributed by atoms with E-state index < -0.39 is 7.14 Å². The summed E-state index contributed by atoms with van der Waals surface area (Å²) in [4.78, 5) is 0. The summed E-state index contributed by atoms with van der Waals surface area (Å²) in [6, 6.07) is 20.0. The zero-order valence-electron chi connectivity index (χ0n) is 19.4. The molecule has 1 aliphatic carbocycles. The Morgan fingerprint density at radius 1 is 0.871 bits per heavy atom. The van der Waals surface area contributed by atoms with Crippen LogP contribution in [-0.2, 0) is 13.9 Å². The van der Waals surface area contributed by atoms with Crippen LogP contribution in [0.1, 0.15) is 59.8 Å². The van der Waals surface area contributed by atoms with Crippen LogP contribution in [0.25, 0.3) is 0 Å². The molecule has 0 N–H and O–H groups in total. The largest absolute Gasteiger partial charge is 0.461 e. The van der Waals surface area contributed by atoms with Gasteiger partial charge >= 0.3 is 7.12 Å². The van der Waals surface area contributed by atoms with Crippen molar-refractivity contribution in [2.45, 2.75) is 76.8 Å². The summed E-state index contributed by atoms with van der Waals surface area (Å²) in [5.41, 5.74) is -0.760. The van der Waals surface area contributed by atoms with Crippen LogP contribution in [0.4, 0.5) is 0 Å². The number of hydrogen-bond donors (Lipinski definition) is 0. The average molecular weight is 438 g/mol. The smallest absolute Gasteiger partial charge is 0.403 e. The van der Waals surface area contributed by atoms with E-state index in [1.807, 2.05) is 60.7 Å². The lowest BCUT2D eigenvalue weighted by Gasteiger charge is -2.32. The maximum atomic E-state index is 14.8. The fourth-order valence-corrected chi connectivity index (χ4v) is 8.06. The molecule has 2 aromatic carbocycles. The zero-order chi connectivity index (χ0) is 22.1. The second-order valence-corrected chi connectivity index (χ2v) is 13.2. The molecule has 1 atom stereocenters. The van der Waals surface area contributed by atoms with Gasteiger partial charge in [0, 0.05) is 22.6 Å². The lowest BCUT2D eigenvalue weighted by molar-refractivity contribution is 0.00578. The molecule has 0 amide bonds. The highest BCUT2D eigenvalue weighted by Crippen LogP contribution is 2.52. The van der Waals surface area contributed by atoms with Crippen molar-refractivity contribution >= 4 is 24.9 Å². The molecular formula is C26H36BO3P. The normalized spacial score (nSPS) is 22.0. The predicted molar refractivity (Wildman–Crippen MR) is 131 cm³/mol. The Bertz CT molecular complexity index is 847. The van der Waals surface area contributed by atoms with Crippen LogP contribution in [0, 0.1) is 5.92 Å². The third kappa shape index (κ3) is 4.72. The lowest BCUT2D eigenvalue weighted by Crippen LogP contribution is -2.41. The van der Waals surface area contributed by atoms with E-state index in [0.29, 0.717) is 12.1 Å². The summed E-state index contributed by atoms with van der Waals surface area (Å²) in [5.74, 6) is 0.763. The topological polar surface area (TPSA) is 35.5 Å². The quantitative estimate of drug-likeness (QED) is 0.390. The first kappa shape index (κ1) is 22.8. The lowest BCUT2D eigenvalue weighted by atomic mass is 9.68. The van der Waals surface area contributed by atoms with Gasteiger partial charge in [-0.25, -0.2) is 0 Å². The first-order chi connectivity index (χ1) is 14.7. The van der Waals surface area contributed by atoms with E-state index in [0.717, 1.165) is 17.0 Å². The molecule has 166 valence electrons. The molecule has 0 unspecified atom stereocenters. The summed E-state index contributed by atoms with van der Waals surface area (Å²) in [6.45, 7) is 8.42. The Hall–Kier alpha value is -1.35. The van der Waals surface area contributed by atoms with Crippen molar-refractivity contribution in [3.05, 3.63) is 60.7 Å². The molecule has 31 heavy (non-hydrogen) atoms. The summed E-state index contributed by atoms with van der Waals surface area (Å²) in [7, 11) is -3.16. The zero-order valence-corrected chi connectivity index (χ0v) is 20.3. The third-order valence-electron chi connectivity index (χ3n) is 7.61. The molecule has 5 heteroatoms. The predicted octanol–water partition coefficient (Wildman–Crippen LogP) is 6.04. The molecule has 0 spiro atoms. The van der Waals surface area contributed by atoms with Gasteiger partial charge in [0.1, 0.15) is 7.14 Å². The highest BCUT2D eigenvalue weighted by atomic mass is 31.2.